The van der Waals surface area contributed by atoms with Crippen LogP contribution < -0.4 is 5.32 Å². The molecule has 9 nitrogen and oxygen atoms in total. The van der Waals surface area contributed by atoms with Gasteiger partial charge in [0.1, 0.15) is 23.5 Å². The zero-order chi connectivity index (χ0) is 20.4. The molecule has 0 bridgehead atoms. The summed E-state index contributed by atoms with van der Waals surface area (Å²) in [6, 6.07) is 5.10. The molecule has 0 saturated heterocycles. The number of anilines is 1. The maximum Gasteiger partial charge on any atom is 0.309 e. The first kappa shape index (κ1) is 20.1. The number of amides is 1. The molecule has 12 heteroatoms. The zero-order valence-corrected chi connectivity index (χ0v) is 16.7. The van der Waals surface area contributed by atoms with E-state index in [4.69, 9.17) is 34.8 Å². The highest BCUT2D eigenvalue weighted by Gasteiger charge is 2.18. The minimum Gasteiger partial charge on any atom is -0.306 e. The number of nitrogens with zero attached hydrogens (tertiary/aromatic N) is 5. The molecule has 2 heterocycles. The molecule has 0 aliphatic carbocycles. The van der Waals surface area contributed by atoms with Crippen LogP contribution in [0.25, 0.3) is 0 Å². The Morgan fingerprint density at radius 1 is 1.18 bits per heavy atom. The molecule has 3 rings (SSSR count). The number of halogens is 3. The van der Waals surface area contributed by atoms with Gasteiger partial charge in [0.05, 0.1) is 11.5 Å². The summed E-state index contributed by atoms with van der Waals surface area (Å²) in [4.78, 5) is 22.5. The summed E-state index contributed by atoms with van der Waals surface area (Å²) in [6.45, 7) is 1.60. The largest absolute Gasteiger partial charge is 0.309 e. The van der Waals surface area contributed by atoms with Crippen LogP contribution in [-0.2, 0) is 17.9 Å². The highest BCUT2D eigenvalue weighted by atomic mass is 35.5. The zero-order valence-electron chi connectivity index (χ0n) is 14.4. The van der Waals surface area contributed by atoms with Crippen molar-refractivity contribution in [1.82, 2.24) is 19.6 Å². The lowest BCUT2D eigenvalue weighted by molar-refractivity contribution is -0.385. The fourth-order valence-electron chi connectivity index (χ4n) is 2.47. The Hall–Kier alpha value is -2.62. The summed E-state index contributed by atoms with van der Waals surface area (Å²) in [5.74, 6) is -0.316. The normalized spacial score (nSPS) is 10.9. The Bertz CT molecular complexity index is 1060. The molecule has 0 fully saturated rings. The van der Waals surface area contributed by atoms with E-state index in [-0.39, 0.29) is 28.8 Å². The van der Waals surface area contributed by atoms with Gasteiger partial charge >= 0.3 is 5.69 Å². The summed E-state index contributed by atoms with van der Waals surface area (Å²) in [7, 11) is 0. The quantitative estimate of drug-likeness (QED) is 0.458. The lowest BCUT2D eigenvalue weighted by Crippen LogP contribution is -2.19. The number of carbonyl (C=O) groups is 1. The first-order valence-electron chi connectivity index (χ1n) is 7.88. The molecule has 28 heavy (non-hydrogen) atoms. The number of rotatable bonds is 6. The average molecular weight is 444 g/mol. The summed E-state index contributed by atoms with van der Waals surface area (Å²) in [6.07, 6.45) is 2.74. The van der Waals surface area contributed by atoms with E-state index in [0.29, 0.717) is 16.6 Å². The predicted molar refractivity (Wildman–Crippen MR) is 105 cm³/mol. The van der Waals surface area contributed by atoms with Gasteiger partial charge in [0.25, 0.3) is 0 Å². The van der Waals surface area contributed by atoms with E-state index in [0.717, 1.165) is 5.56 Å². The summed E-state index contributed by atoms with van der Waals surface area (Å²) < 4.78 is 2.71. The maximum absolute atomic E-state index is 12.2. The number of benzene rings is 1. The van der Waals surface area contributed by atoms with Gasteiger partial charge in [-0.1, -0.05) is 40.9 Å². The van der Waals surface area contributed by atoms with Crippen LogP contribution in [0.2, 0.25) is 15.1 Å². The third-order valence-corrected chi connectivity index (χ3v) is 4.61. The van der Waals surface area contributed by atoms with Gasteiger partial charge in [0.2, 0.25) is 5.91 Å². The van der Waals surface area contributed by atoms with E-state index >= 15 is 0 Å². The molecule has 1 amide bonds. The van der Waals surface area contributed by atoms with Crippen molar-refractivity contribution in [2.24, 2.45) is 0 Å². The second kappa shape index (κ2) is 8.17. The highest BCUT2D eigenvalue weighted by Crippen LogP contribution is 2.24. The number of aryl methyl sites for hydroxylation is 1. The molecule has 2 aromatic heterocycles. The Morgan fingerprint density at radius 3 is 2.57 bits per heavy atom. The monoisotopic (exact) mass is 442 g/mol. The Balaban J connectivity index is 1.68. The third kappa shape index (κ3) is 4.61. The highest BCUT2D eigenvalue weighted by molar-refractivity contribution is 6.35. The van der Waals surface area contributed by atoms with Crippen LogP contribution in [0.5, 0.6) is 0 Å². The van der Waals surface area contributed by atoms with Crippen molar-refractivity contribution < 1.29 is 9.72 Å². The Morgan fingerprint density at radius 2 is 1.93 bits per heavy atom. The van der Waals surface area contributed by atoms with Gasteiger partial charge in [-0.3, -0.25) is 24.3 Å². The molecule has 0 aliphatic heterocycles. The molecule has 0 saturated carbocycles. The van der Waals surface area contributed by atoms with Gasteiger partial charge in [-0.2, -0.15) is 10.2 Å². The summed E-state index contributed by atoms with van der Waals surface area (Å²) >= 11 is 18.2. The van der Waals surface area contributed by atoms with Crippen LogP contribution in [0, 0.1) is 17.0 Å². The Kier molecular flexibility index (Phi) is 5.87. The van der Waals surface area contributed by atoms with E-state index in [1.54, 1.807) is 24.4 Å². The second-order valence-electron chi connectivity index (χ2n) is 5.86. The molecule has 0 unspecified atom stereocenters. The van der Waals surface area contributed by atoms with Crippen LogP contribution in [0.3, 0.4) is 0 Å². The number of hydrogen-bond donors (Lipinski definition) is 1. The van der Waals surface area contributed by atoms with E-state index in [1.807, 2.05) is 0 Å². The molecule has 0 radical (unpaired) electrons. The Labute approximate surface area is 173 Å². The number of nitrogens with one attached hydrogen (secondary N) is 1. The average Bonchev–Trinajstić information content (AvgIpc) is 3.12. The molecule has 1 N–H and O–H groups in total. The molecule has 3 aromatic rings. The third-order valence-electron chi connectivity index (χ3n) is 3.75. The fourth-order valence-corrected chi connectivity index (χ4v) is 3.14. The molecule has 146 valence electrons. The van der Waals surface area contributed by atoms with Crippen LogP contribution in [0.4, 0.5) is 11.5 Å². The van der Waals surface area contributed by atoms with Crippen molar-refractivity contribution in [3.8, 4) is 0 Å². The SMILES string of the molecule is Cc1nn(CC(=O)Nc2nn(Cc3ccc(Cl)cc3Cl)cc2Cl)cc1[N+](=O)[O-]. The van der Waals surface area contributed by atoms with Crippen LogP contribution in [0.15, 0.2) is 30.6 Å². The minimum absolute atomic E-state index is 0.157. The molecular weight excluding hydrogens is 431 g/mol. The molecule has 0 spiro atoms. The predicted octanol–water partition coefficient (Wildman–Crippen LogP) is 3.94. The first-order valence-corrected chi connectivity index (χ1v) is 9.01. The van der Waals surface area contributed by atoms with Crippen LogP contribution in [-0.4, -0.2) is 30.4 Å². The van der Waals surface area contributed by atoms with Crippen molar-refractivity contribution in [3.63, 3.8) is 0 Å². The number of nitro groups is 1. The lowest BCUT2D eigenvalue weighted by atomic mass is 10.2. The number of carbonyl (C=O) groups excluding carboxylic acids is 1. The summed E-state index contributed by atoms with van der Waals surface area (Å²) in [5.41, 5.74) is 0.845. The fraction of sp³-hybridized carbons (Fsp3) is 0.188. The van der Waals surface area contributed by atoms with Crippen molar-refractivity contribution in [3.05, 3.63) is 67.0 Å². The molecular formula is C16H13Cl3N6O3. The second-order valence-corrected chi connectivity index (χ2v) is 7.11. The van der Waals surface area contributed by atoms with Gasteiger partial charge < -0.3 is 5.32 Å². The van der Waals surface area contributed by atoms with Crippen molar-refractivity contribution in [2.45, 2.75) is 20.0 Å². The van der Waals surface area contributed by atoms with Gasteiger partial charge in [-0.25, -0.2) is 0 Å². The van der Waals surface area contributed by atoms with Crippen molar-refractivity contribution in [2.75, 3.05) is 5.32 Å². The lowest BCUT2D eigenvalue weighted by Gasteiger charge is -2.05. The van der Waals surface area contributed by atoms with Crippen LogP contribution >= 0.6 is 34.8 Å². The van der Waals surface area contributed by atoms with Gasteiger partial charge in [-0.15, -0.1) is 0 Å². The molecule has 0 atom stereocenters. The number of hydrogen-bond acceptors (Lipinski definition) is 5. The van der Waals surface area contributed by atoms with Crippen molar-refractivity contribution >= 4 is 52.2 Å². The molecule has 1 aromatic carbocycles. The first-order chi connectivity index (χ1) is 13.2. The molecule has 0 aliphatic rings. The minimum atomic E-state index is -0.558. The summed E-state index contributed by atoms with van der Waals surface area (Å²) in [5, 5.41) is 22.8. The smallest absolute Gasteiger partial charge is 0.306 e. The van der Waals surface area contributed by atoms with Crippen LogP contribution in [0.1, 0.15) is 11.3 Å². The van der Waals surface area contributed by atoms with Crippen molar-refractivity contribution in [1.29, 1.82) is 0 Å². The van der Waals surface area contributed by atoms with E-state index in [1.165, 1.54) is 22.5 Å². The maximum atomic E-state index is 12.2. The standard InChI is InChI=1S/C16H13Cl3N6O3/c1-9-14(25(27)28)7-24(21-9)8-15(26)20-16-13(19)6-23(22-16)5-10-2-3-11(17)4-12(10)18/h2-4,6-7H,5,8H2,1H3,(H,20,22,26). The van der Waals surface area contributed by atoms with Gasteiger partial charge in [0.15, 0.2) is 5.82 Å². The van der Waals surface area contributed by atoms with Gasteiger partial charge in [0, 0.05) is 16.2 Å². The number of aromatic nitrogens is 4. The topological polar surface area (TPSA) is 108 Å². The van der Waals surface area contributed by atoms with E-state index in [9.17, 15) is 14.9 Å². The van der Waals surface area contributed by atoms with E-state index in [2.05, 4.69) is 15.5 Å². The van der Waals surface area contributed by atoms with E-state index < -0.39 is 10.8 Å². The van der Waals surface area contributed by atoms with Gasteiger partial charge in [-0.05, 0) is 24.6 Å².